The van der Waals surface area contributed by atoms with Gasteiger partial charge in [-0.15, -0.1) is 0 Å². The SMILES string of the molecule is c1cc2c3c(ccc(-n4c5ccccc5c5ccc6ncccc6c54)c3c1)-c1c-2c2ccccc2c2ccccc12. The first-order valence-corrected chi connectivity index (χ1v) is 14.2. The average molecular weight is 519 g/mol. The van der Waals surface area contributed by atoms with Crippen molar-refractivity contribution < 1.29 is 0 Å². The normalized spacial score (nSPS) is 12.4. The van der Waals surface area contributed by atoms with E-state index in [4.69, 9.17) is 4.98 Å². The molecule has 1 aliphatic carbocycles. The molecular weight excluding hydrogens is 496 g/mol. The van der Waals surface area contributed by atoms with Crippen molar-refractivity contribution in [2.24, 2.45) is 0 Å². The van der Waals surface area contributed by atoms with Crippen LogP contribution in [-0.4, -0.2) is 9.55 Å². The van der Waals surface area contributed by atoms with Crippen LogP contribution in [0.15, 0.2) is 134 Å². The predicted octanol–water partition coefficient (Wildman–Crippen LogP) is 10.4. The fourth-order valence-electron chi connectivity index (χ4n) is 7.57. The molecule has 2 heterocycles. The Hall–Kier alpha value is -5.47. The van der Waals surface area contributed by atoms with E-state index in [1.54, 1.807) is 0 Å². The van der Waals surface area contributed by atoms with Gasteiger partial charge in [0, 0.05) is 27.7 Å². The highest BCUT2D eigenvalue weighted by molar-refractivity contribution is 6.31. The number of nitrogens with zero attached hydrogens (tertiary/aromatic N) is 2. The van der Waals surface area contributed by atoms with E-state index in [9.17, 15) is 0 Å². The van der Waals surface area contributed by atoms with Crippen LogP contribution in [0.2, 0.25) is 0 Å². The summed E-state index contributed by atoms with van der Waals surface area (Å²) in [6.45, 7) is 0. The fourth-order valence-corrected chi connectivity index (χ4v) is 7.57. The highest BCUT2D eigenvalue weighted by Gasteiger charge is 2.28. The Morgan fingerprint density at radius 3 is 1.83 bits per heavy atom. The Kier molecular flexibility index (Phi) is 3.95. The topological polar surface area (TPSA) is 17.8 Å². The maximum atomic E-state index is 4.71. The van der Waals surface area contributed by atoms with E-state index in [-0.39, 0.29) is 0 Å². The Balaban J connectivity index is 1.40. The number of benzene rings is 7. The number of fused-ring (bicyclic) bond motifs is 13. The third-order valence-electron chi connectivity index (χ3n) is 9.15. The predicted molar refractivity (Wildman–Crippen MR) is 173 cm³/mol. The van der Waals surface area contributed by atoms with E-state index in [0.29, 0.717) is 0 Å². The molecule has 7 aromatic carbocycles. The summed E-state index contributed by atoms with van der Waals surface area (Å²) < 4.78 is 2.47. The van der Waals surface area contributed by atoms with E-state index in [1.807, 2.05) is 12.3 Å². The summed E-state index contributed by atoms with van der Waals surface area (Å²) in [5, 5.41) is 11.6. The first-order chi connectivity index (χ1) is 20.4. The molecule has 0 saturated heterocycles. The van der Waals surface area contributed by atoms with Crippen LogP contribution in [0.3, 0.4) is 0 Å². The van der Waals surface area contributed by atoms with Gasteiger partial charge < -0.3 is 4.57 Å². The molecule has 0 spiro atoms. The third kappa shape index (κ3) is 2.60. The van der Waals surface area contributed by atoms with Gasteiger partial charge in [-0.1, -0.05) is 97.1 Å². The van der Waals surface area contributed by atoms with E-state index < -0.39 is 0 Å². The second-order valence-electron chi connectivity index (χ2n) is 11.1. The zero-order valence-electron chi connectivity index (χ0n) is 22.1. The van der Waals surface area contributed by atoms with Crippen LogP contribution < -0.4 is 0 Å². The molecule has 0 fully saturated rings. The van der Waals surface area contributed by atoms with Gasteiger partial charge in [-0.2, -0.15) is 0 Å². The molecule has 1 aliphatic rings. The van der Waals surface area contributed by atoms with Crippen LogP contribution >= 0.6 is 0 Å². The molecule has 0 atom stereocenters. The lowest BCUT2D eigenvalue weighted by molar-refractivity contribution is 1.20. The first-order valence-electron chi connectivity index (χ1n) is 14.2. The molecule has 0 N–H and O–H groups in total. The molecule has 0 bridgehead atoms. The number of aromatic nitrogens is 2. The molecule has 2 nitrogen and oxygen atoms in total. The standard InChI is InChI=1S/C39H22N2/c1-3-12-26-23(9-1)24-10-2-4-13-27(24)38-32-19-21-35(30-14-7-15-31(36(30)32)37(26)38)41-34-17-6-5-11-25(34)28-18-20-33-29(39(28)41)16-8-22-40-33/h1-22H. The fraction of sp³-hybridized carbons (Fsp3) is 0. The Morgan fingerprint density at radius 1 is 0.415 bits per heavy atom. The second kappa shape index (κ2) is 7.59. The van der Waals surface area contributed by atoms with Gasteiger partial charge in [0.2, 0.25) is 0 Å². The molecule has 188 valence electrons. The zero-order valence-corrected chi connectivity index (χ0v) is 22.1. The molecule has 0 amide bonds. The number of hydrogen-bond acceptors (Lipinski definition) is 1. The smallest absolute Gasteiger partial charge is 0.0723 e. The molecule has 10 rings (SSSR count). The quantitative estimate of drug-likeness (QED) is 0.198. The van der Waals surface area contributed by atoms with Gasteiger partial charge in [-0.25, -0.2) is 0 Å². The van der Waals surface area contributed by atoms with Crippen molar-refractivity contribution in [2.45, 2.75) is 0 Å². The maximum absolute atomic E-state index is 4.71. The minimum atomic E-state index is 1.01. The van der Waals surface area contributed by atoms with E-state index >= 15 is 0 Å². The summed E-state index contributed by atoms with van der Waals surface area (Å²) in [4.78, 5) is 4.71. The number of hydrogen-bond donors (Lipinski definition) is 0. The van der Waals surface area contributed by atoms with Gasteiger partial charge >= 0.3 is 0 Å². The summed E-state index contributed by atoms with van der Waals surface area (Å²) in [6.07, 6.45) is 1.88. The van der Waals surface area contributed by atoms with Crippen molar-refractivity contribution in [3.8, 4) is 27.9 Å². The van der Waals surface area contributed by atoms with Crippen LogP contribution in [0.1, 0.15) is 0 Å². The van der Waals surface area contributed by atoms with Crippen molar-refractivity contribution in [1.29, 1.82) is 0 Å². The average Bonchev–Trinajstić information content (AvgIpc) is 3.56. The summed E-state index contributed by atoms with van der Waals surface area (Å²) in [5.74, 6) is 0. The van der Waals surface area contributed by atoms with Crippen molar-refractivity contribution in [1.82, 2.24) is 9.55 Å². The van der Waals surface area contributed by atoms with Crippen LogP contribution in [-0.2, 0) is 0 Å². The minimum absolute atomic E-state index is 1.01. The monoisotopic (exact) mass is 518 g/mol. The van der Waals surface area contributed by atoms with Gasteiger partial charge in [-0.05, 0) is 79.5 Å². The highest BCUT2D eigenvalue weighted by atomic mass is 15.0. The molecule has 2 aromatic heterocycles. The lowest BCUT2D eigenvalue weighted by Gasteiger charge is -2.14. The minimum Gasteiger partial charge on any atom is -0.308 e. The lowest BCUT2D eigenvalue weighted by Crippen LogP contribution is -1.96. The van der Waals surface area contributed by atoms with E-state index in [1.165, 1.54) is 87.5 Å². The first kappa shape index (κ1) is 21.4. The van der Waals surface area contributed by atoms with Gasteiger partial charge in [0.15, 0.2) is 0 Å². The summed E-state index contributed by atoms with van der Waals surface area (Å²) in [6, 6.07) is 46.7. The second-order valence-corrected chi connectivity index (χ2v) is 11.1. The number of para-hydroxylation sites is 1. The van der Waals surface area contributed by atoms with Crippen LogP contribution in [0.5, 0.6) is 0 Å². The molecule has 9 aromatic rings. The van der Waals surface area contributed by atoms with Crippen molar-refractivity contribution in [2.75, 3.05) is 0 Å². The van der Waals surface area contributed by atoms with Crippen LogP contribution in [0.4, 0.5) is 0 Å². The molecule has 0 saturated carbocycles. The molecule has 41 heavy (non-hydrogen) atoms. The zero-order chi connectivity index (χ0) is 26.7. The molecule has 0 radical (unpaired) electrons. The Bertz CT molecular complexity index is 2520. The molecule has 2 heteroatoms. The van der Waals surface area contributed by atoms with Gasteiger partial charge in [-0.3, -0.25) is 4.98 Å². The summed E-state index contributed by atoms with van der Waals surface area (Å²) in [5.41, 5.74) is 10.00. The Morgan fingerprint density at radius 2 is 1.05 bits per heavy atom. The Labute approximate surface area is 235 Å². The third-order valence-corrected chi connectivity index (χ3v) is 9.15. The summed E-state index contributed by atoms with van der Waals surface area (Å²) >= 11 is 0. The molecular formula is C39H22N2. The van der Waals surface area contributed by atoms with Crippen LogP contribution in [0.25, 0.3) is 93.0 Å². The number of rotatable bonds is 1. The summed E-state index contributed by atoms with van der Waals surface area (Å²) in [7, 11) is 0. The van der Waals surface area contributed by atoms with Gasteiger partial charge in [0.1, 0.15) is 0 Å². The van der Waals surface area contributed by atoms with Gasteiger partial charge in [0.05, 0.1) is 22.2 Å². The highest BCUT2D eigenvalue weighted by Crippen LogP contribution is 2.54. The van der Waals surface area contributed by atoms with Crippen LogP contribution in [0, 0.1) is 0 Å². The van der Waals surface area contributed by atoms with Crippen molar-refractivity contribution >= 4 is 65.0 Å². The maximum Gasteiger partial charge on any atom is 0.0723 e. The molecule has 0 unspecified atom stereocenters. The van der Waals surface area contributed by atoms with E-state index in [2.05, 4.69) is 126 Å². The van der Waals surface area contributed by atoms with E-state index in [0.717, 1.165) is 5.52 Å². The lowest BCUT2D eigenvalue weighted by atomic mass is 9.90. The van der Waals surface area contributed by atoms with Crippen molar-refractivity contribution in [3.05, 3.63) is 134 Å². The van der Waals surface area contributed by atoms with Crippen molar-refractivity contribution in [3.63, 3.8) is 0 Å². The number of pyridine rings is 1. The molecule has 0 aliphatic heterocycles. The largest absolute Gasteiger partial charge is 0.308 e. The van der Waals surface area contributed by atoms with Gasteiger partial charge in [0.25, 0.3) is 0 Å².